The Bertz CT molecular complexity index is 3900. The van der Waals surface area contributed by atoms with Crippen molar-refractivity contribution in [1.29, 1.82) is 0 Å². The van der Waals surface area contributed by atoms with E-state index in [1.54, 1.807) is 20.8 Å². The second kappa shape index (κ2) is 32.7. The van der Waals surface area contributed by atoms with Gasteiger partial charge >= 0.3 is 18.2 Å². The lowest BCUT2D eigenvalue weighted by Gasteiger charge is -2.39. The minimum atomic E-state index is -2.02. The van der Waals surface area contributed by atoms with Crippen molar-refractivity contribution >= 4 is 53.2 Å². The predicted molar refractivity (Wildman–Crippen MR) is 364 cm³/mol. The Morgan fingerprint density at radius 2 is 1.11 bits per heavy atom. The molecule has 12 N–H and O–H groups in total. The summed E-state index contributed by atoms with van der Waals surface area (Å²) in [6.45, 7) is 11.7. The van der Waals surface area contributed by atoms with Gasteiger partial charge in [-0.2, -0.15) is 0 Å². The van der Waals surface area contributed by atoms with Crippen molar-refractivity contribution in [3.8, 4) is 34.5 Å². The number of amides is 6. The number of hydrogen-bond donors (Lipinski definition) is 12. The van der Waals surface area contributed by atoms with Crippen molar-refractivity contribution in [2.75, 3.05) is 77.2 Å². The first-order valence-corrected chi connectivity index (χ1v) is 34.0. The van der Waals surface area contributed by atoms with Gasteiger partial charge in [-0.05, 0) is 106 Å². The van der Waals surface area contributed by atoms with E-state index in [4.69, 9.17) is 52.1 Å². The first-order chi connectivity index (χ1) is 49.8. The van der Waals surface area contributed by atoms with Crippen molar-refractivity contribution in [3.63, 3.8) is 0 Å². The highest BCUT2D eigenvalue weighted by atomic mass is 16.7. The van der Waals surface area contributed by atoms with Crippen molar-refractivity contribution in [2.24, 2.45) is 5.41 Å². The van der Waals surface area contributed by atoms with Crippen molar-refractivity contribution in [1.82, 2.24) is 20.4 Å². The van der Waals surface area contributed by atoms with Crippen LogP contribution in [0.2, 0.25) is 0 Å². The molecular formula is C71H90N6O28. The number of carbonyl (C=O) groups excluding carboxylic acids is 6. The summed E-state index contributed by atoms with van der Waals surface area (Å²) in [5.74, 6) is -4.14. The van der Waals surface area contributed by atoms with Gasteiger partial charge < -0.3 is 124 Å². The van der Waals surface area contributed by atoms with E-state index < -0.39 is 159 Å². The van der Waals surface area contributed by atoms with Crippen LogP contribution in [0.3, 0.4) is 0 Å². The number of unbranched alkanes of at least 4 members (excludes halogenated alkanes) is 2. The Hall–Kier alpha value is -9.17. The van der Waals surface area contributed by atoms with E-state index in [-0.39, 0.29) is 132 Å². The number of ether oxygens (including phenoxy) is 11. The number of aliphatic carboxylic acids is 1. The number of carboxylic acids is 1. The minimum Gasteiger partial charge on any atom is -0.493 e. The zero-order chi connectivity index (χ0) is 76.3. The number of carboxylic acid groups (broad SMARTS) is 1. The summed E-state index contributed by atoms with van der Waals surface area (Å²) in [7, 11) is 4.16. The largest absolute Gasteiger partial charge is 0.493 e. The summed E-state index contributed by atoms with van der Waals surface area (Å²) >= 11 is 0. The van der Waals surface area contributed by atoms with Gasteiger partial charge in [-0.3, -0.25) is 19.2 Å². The Morgan fingerprint density at radius 1 is 0.610 bits per heavy atom. The van der Waals surface area contributed by atoms with Gasteiger partial charge in [-0.15, -0.1) is 0 Å². The van der Waals surface area contributed by atoms with Gasteiger partial charge in [0, 0.05) is 44.4 Å². The fraction of sp³-hybridized carbons (Fsp3) is 0.535. The summed E-state index contributed by atoms with van der Waals surface area (Å²) < 4.78 is 63.3. The number of nitrogens with zero attached hydrogens (tertiary/aromatic N) is 4. The number of anilines is 2. The van der Waals surface area contributed by atoms with Crippen LogP contribution in [0.25, 0.3) is 0 Å². The van der Waals surface area contributed by atoms with Crippen LogP contribution in [0.4, 0.5) is 21.0 Å². The highest BCUT2D eigenvalue weighted by Crippen LogP contribution is 2.46. The number of aliphatic hydroxyl groups is 9. The van der Waals surface area contributed by atoms with Crippen LogP contribution in [0.5, 0.6) is 34.5 Å². The molecule has 6 aliphatic heterocycles. The lowest BCUT2D eigenvalue weighted by Crippen LogP contribution is -2.61. The quantitative estimate of drug-likeness (QED) is 0.0331. The number of rotatable bonds is 25. The van der Waals surface area contributed by atoms with Gasteiger partial charge in [0.2, 0.25) is 12.6 Å². The van der Waals surface area contributed by atoms with Crippen LogP contribution in [0.1, 0.15) is 119 Å². The van der Waals surface area contributed by atoms with Crippen LogP contribution in [0, 0.1) is 5.41 Å². The zero-order valence-electron chi connectivity index (χ0n) is 59.1. The predicted octanol–water partition coefficient (Wildman–Crippen LogP) is 1.65. The summed E-state index contributed by atoms with van der Waals surface area (Å²) in [5.41, 5.74) is -0.834. The lowest BCUT2D eigenvalue weighted by molar-refractivity contribution is -0.277. The highest BCUT2D eigenvalue weighted by Gasteiger charge is 2.53. The summed E-state index contributed by atoms with van der Waals surface area (Å²) in [5, 5.41) is 112. The van der Waals surface area contributed by atoms with E-state index in [1.807, 2.05) is 13.8 Å². The number of aliphatic hydroxyl groups excluding tert-OH is 9. The standard InChI is InChI=1S/C71H90N6O28/c1-34-21-43-63(89)76(68(93)100-31-35-13-15-45(39(22-35)59(85)72-17-20-95-7)102-66-56(83)53(80)52(79)51(30-78)104-66)41-26-49(47(96-8)24-37(41)61(87)74(43)29-34)98-18-11-10-12-19-99-50-27-42-38(25-48(50)97-9)62(88)75-33-71(5,6)28-44(75)64(90)77(42)69(94)101-32-36-14-16-46(40(23-36)60(86)73-70(2,3)4)103-67-57(84)54(81)55(82)58(105-67)65(91)92/h13-16,22-27,43-44,51-58,63-64,66-67,78-84,89-90H,1,10-12,17-21,28-33H2,2-9H3,(H,72,85)(H,73,86)(H,91,92)/t43-,44-,51+,52-,53-,54-,55-,56+,57+,58-,63?,64?,66+,67+/m0/s1. The number of hydrogen-bond acceptors (Lipinski definition) is 27. The highest BCUT2D eigenvalue weighted by molar-refractivity contribution is 6.07. The van der Waals surface area contributed by atoms with Crippen LogP contribution in [0.15, 0.2) is 72.8 Å². The fourth-order valence-electron chi connectivity index (χ4n) is 13.3. The number of benzene rings is 4. The molecule has 2 unspecified atom stereocenters. The van der Waals surface area contributed by atoms with Crippen LogP contribution < -0.4 is 48.9 Å². The molecule has 6 amide bonds. The molecule has 4 aromatic carbocycles. The van der Waals surface area contributed by atoms with E-state index in [0.717, 1.165) is 9.80 Å². The van der Waals surface area contributed by atoms with E-state index in [9.17, 15) is 84.6 Å². The topological polar surface area (TPSA) is 460 Å². The van der Waals surface area contributed by atoms with E-state index in [2.05, 4.69) is 17.2 Å². The molecule has 0 bridgehead atoms. The first kappa shape index (κ1) is 78.4. The molecule has 34 heteroatoms. The molecule has 6 aliphatic rings. The maximum atomic E-state index is 14.7. The van der Waals surface area contributed by atoms with Crippen molar-refractivity contribution in [2.45, 2.75) is 171 Å². The van der Waals surface area contributed by atoms with Gasteiger partial charge in [-0.25, -0.2) is 24.2 Å². The van der Waals surface area contributed by atoms with E-state index in [1.165, 1.54) is 91.8 Å². The Morgan fingerprint density at radius 3 is 1.62 bits per heavy atom. The van der Waals surface area contributed by atoms with Gasteiger partial charge in [0.15, 0.2) is 41.6 Å². The molecule has 6 heterocycles. The van der Waals surface area contributed by atoms with Gasteiger partial charge in [-0.1, -0.05) is 38.1 Å². The molecular weight excluding hydrogens is 1380 g/mol. The van der Waals surface area contributed by atoms with Crippen LogP contribution in [-0.2, 0) is 41.7 Å². The van der Waals surface area contributed by atoms with Gasteiger partial charge in [0.05, 0.1) is 86.4 Å². The fourth-order valence-corrected chi connectivity index (χ4v) is 13.3. The zero-order valence-corrected chi connectivity index (χ0v) is 59.1. The van der Waals surface area contributed by atoms with Crippen molar-refractivity contribution < 1.29 is 137 Å². The monoisotopic (exact) mass is 1470 g/mol. The third-order valence-electron chi connectivity index (χ3n) is 18.6. The number of fused-ring (bicyclic) bond motifs is 4. The normalized spacial score (nSPS) is 26.2. The van der Waals surface area contributed by atoms with E-state index >= 15 is 0 Å². The smallest absolute Gasteiger partial charge is 0.416 e. The average Bonchev–Trinajstić information content (AvgIpc) is 1.62. The molecule has 572 valence electrons. The van der Waals surface area contributed by atoms with E-state index in [0.29, 0.717) is 24.8 Å². The summed E-state index contributed by atoms with van der Waals surface area (Å²) in [6, 6.07) is 11.7. The van der Waals surface area contributed by atoms with Gasteiger partial charge in [0.1, 0.15) is 67.4 Å². The molecule has 0 spiro atoms. The molecule has 10 rings (SSSR count). The van der Waals surface area contributed by atoms with Crippen molar-refractivity contribution in [3.05, 3.63) is 106 Å². The molecule has 105 heavy (non-hydrogen) atoms. The van der Waals surface area contributed by atoms with Crippen LogP contribution in [-0.4, -0.2) is 262 Å². The Labute approximate surface area is 602 Å². The average molecular weight is 1480 g/mol. The number of nitrogens with one attached hydrogen (secondary N) is 2. The second-order valence-electron chi connectivity index (χ2n) is 28.1. The molecule has 4 aromatic rings. The molecule has 0 aromatic heterocycles. The summed E-state index contributed by atoms with van der Waals surface area (Å²) in [4.78, 5) is 102. The number of methoxy groups -OCH3 is 3. The Kier molecular flexibility index (Phi) is 24.4. The SMILES string of the molecule is C=C1C[C@H]2C(O)N(C(=O)OCc3ccc(O[C@@H]4O[C@H](CO)[C@H](O)[C@H](O)[C@H]4O)c(C(=O)NCCOC)c3)c3cc(OCCCCCOc4cc5c(cc4OC)C(=O)N4CC(C)(C)C[C@H]4C(O)N5C(=O)OCc4ccc(O[C@@H]5O[C@H](C(=O)O)[C@@H](O)[C@H](O)[C@H]5O)c(C(=O)NC(C)(C)C)c4)c(OC)cc3C(=O)N2C1. The minimum absolute atomic E-state index is 0.0207. The molecule has 4 saturated heterocycles. The molecule has 34 nitrogen and oxygen atoms in total. The first-order valence-electron chi connectivity index (χ1n) is 34.0. The third kappa shape index (κ3) is 17.1. The number of carbonyl (C=O) groups is 7. The molecule has 14 atom stereocenters. The maximum Gasteiger partial charge on any atom is 0.416 e. The third-order valence-corrected chi connectivity index (χ3v) is 18.6. The molecule has 0 aliphatic carbocycles. The molecule has 0 radical (unpaired) electrons. The molecule has 0 saturated carbocycles. The van der Waals surface area contributed by atoms with Gasteiger partial charge in [0.25, 0.3) is 23.6 Å². The van der Waals surface area contributed by atoms with Crippen LogP contribution >= 0.6 is 0 Å². The Balaban J connectivity index is 0.830. The second-order valence-corrected chi connectivity index (χ2v) is 28.1. The maximum absolute atomic E-state index is 14.7. The lowest BCUT2D eigenvalue weighted by atomic mass is 9.90. The molecule has 4 fully saturated rings. The summed E-state index contributed by atoms with van der Waals surface area (Å²) in [6.07, 6.45) is -22.1.